The summed E-state index contributed by atoms with van der Waals surface area (Å²) in [7, 11) is 6.37. The van der Waals surface area contributed by atoms with Gasteiger partial charge in [0.1, 0.15) is 5.78 Å². The largest absolute Gasteiger partial charge is 0.481 e. The number of likely N-dealkylation sites (tertiary alicyclic amines) is 2. The number of carboxylic acid groups (broad SMARTS) is 1. The zero-order valence-corrected chi connectivity index (χ0v) is 42.5. The van der Waals surface area contributed by atoms with Crippen LogP contribution in [0.1, 0.15) is 132 Å². The molecule has 1 aromatic rings. The summed E-state index contributed by atoms with van der Waals surface area (Å²) in [5.41, 5.74) is 0.829. The number of hydrogen-bond donors (Lipinski definition) is 1. The van der Waals surface area contributed by atoms with E-state index in [9.17, 15) is 43.5 Å². The Balaban J connectivity index is 1.71. The molecule has 2 aliphatic rings. The Morgan fingerprint density at radius 1 is 0.836 bits per heavy atom. The normalized spacial score (nSPS) is 20.0. The highest BCUT2D eigenvalue weighted by Crippen LogP contribution is 2.32. The summed E-state index contributed by atoms with van der Waals surface area (Å²) in [5, 5.41) is 10.0. The minimum absolute atomic E-state index is 0.0438. The maximum absolute atomic E-state index is 14.6. The first kappa shape index (κ1) is 56.8. The topological polar surface area (TPSA) is 188 Å². The molecular formula is C52H82N4O11. The van der Waals surface area contributed by atoms with Crippen molar-refractivity contribution in [1.29, 1.82) is 0 Å². The predicted octanol–water partition coefficient (Wildman–Crippen LogP) is 6.48. The monoisotopic (exact) mass is 939 g/mol. The van der Waals surface area contributed by atoms with Crippen LogP contribution in [0.15, 0.2) is 30.3 Å². The van der Waals surface area contributed by atoms with Gasteiger partial charge >= 0.3 is 5.97 Å². The Labute approximate surface area is 400 Å². The first-order valence-electron chi connectivity index (χ1n) is 24.6. The zero-order chi connectivity index (χ0) is 50.3. The molecule has 0 bridgehead atoms. The minimum atomic E-state index is -1.05. The van der Waals surface area contributed by atoms with Gasteiger partial charge in [-0.1, -0.05) is 98.6 Å². The Kier molecular flexibility index (Phi) is 22.8. The summed E-state index contributed by atoms with van der Waals surface area (Å²) in [5.74, 6) is -5.57. The molecule has 2 aliphatic heterocycles. The molecular weight excluding hydrogens is 857 g/mol. The first-order chi connectivity index (χ1) is 31.6. The highest BCUT2D eigenvalue weighted by Gasteiger charge is 2.44. The second-order valence-corrected chi connectivity index (χ2v) is 20.0. The maximum Gasteiger partial charge on any atom is 0.307 e. The van der Waals surface area contributed by atoms with Gasteiger partial charge in [0, 0.05) is 84.8 Å². The van der Waals surface area contributed by atoms with Crippen molar-refractivity contribution in [2.24, 2.45) is 41.4 Å². The number of aliphatic carboxylic acids is 1. The molecule has 3 rings (SSSR count). The fourth-order valence-corrected chi connectivity index (χ4v) is 10.3. The number of amides is 5. The second kappa shape index (κ2) is 26.9. The van der Waals surface area contributed by atoms with Crippen LogP contribution in [0, 0.1) is 41.4 Å². The molecule has 15 nitrogen and oxygen atoms in total. The third kappa shape index (κ3) is 15.2. The lowest BCUT2D eigenvalue weighted by Gasteiger charge is -2.41. The lowest BCUT2D eigenvalue weighted by Crippen LogP contribution is -2.54. The number of benzene rings is 1. The highest BCUT2D eigenvalue weighted by molar-refractivity contribution is 6.03. The van der Waals surface area contributed by atoms with Crippen molar-refractivity contribution in [3.8, 4) is 0 Å². The third-order valence-corrected chi connectivity index (χ3v) is 14.5. The molecule has 15 heteroatoms. The van der Waals surface area contributed by atoms with E-state index in [0.717, 1.165) is 5.56 Å². The average molecular weight is 939 g/mol. The van der Waals surface area contributed by atoms with Crippen molar-refractivity contribution in [3.63, 3.8) is 0 Å². The van der Waals surface area contributed by atoms with Gasteiger partial charge in [-0.3, -0.25) is 43.3 Å². The molecule has 1 N–H and O–H groups in total. The summed E-state index contributed by atoms with van der Waals surface area (Å²) in [6.45, 7) is 15.9. The molecule has 67 heavy (non-hydrogen) atoms. The molecule has 5 amide bonds. The molecule has 0 spiro atoms. The number of carboxylic acids is 1. The van der Waals surface area contributed by atoms with Gasteiger partial charge in [0.25, 0.3) is 0 Å². The fraction of sp³-hybridized carbons (Fsp3) is 0.731. The van der Waals surface area contributed by atoms with Crippen LogP contribution in [0.3, 0.4) is 0 Å². The number of carbonyl (C=O) groups is 8. The Morgan fingerprint density at radius 2 is 1.49 bits per heavy atom. The SMILES string of the molecule is CC[C@H](C)[C@@H]([C@@H](CC(=O)N1CCC[C@H]1[C@H](OC)[C@@H](C)C(=O)CC(Cc1ccccc1)C(=O)O)OC)N(C)C(=O)[C@@H](CC(=O)[C@H](C(C)C)N(C)C(=O)CCCCCN1C(=O)CC(C)C1=O)C(C)C. The van der Waals surface area contributed by atoms with Crippen LogP contribution in [-0.2, 0) is 54.3 Å². The summed E-state index contributed by atoms with van der Waals surface area (Å²) in [6.07, 6.45) is 2.76. The van der Waals surface area contributed by atoms with Gasteiger partial charge in [0.2, 0.25) is 29.5 Å². The molecule has 10 atom stereocenters. The number of nitrogens with zero attached hydrogens (tertiary/aromatic N) is 4. The summed E-state index contributed by atoms with van der Waals surface area (Å²) >= 11 is 0. The van der Waals surface area contributed by atoms with Gasteiger partial charge in [-0.25, -0.2) is 0 Å². The Morgan fingerprint density at radius 3 is 2.03 bits per heavy atom. The summed E-state index contributed by atoms with van der Waals surface area (Å²) in [6, 6.07) is 7.50. The fourth-order valence-electron chi connectivity index (χ4n) is 10.3. The van der Waals surface area contributed by atoms with Gasteiger partial charge < -0.3 is 29.3 Å². The van der Waals surface area contributed by atoms with E-state index in [4.69, 9.17) is 9.47 Å². The lowest BCUT2D eigenvalue weighted by molar-refractivity contribution is -0.150. The van der Waals surface area contributed by atoms with Crippen LogP contribution >= 0.6 is 0 Å². The molecule has 2 saturated heterocycles. The number of hydrogen-bond acceptors (Lipinski definition) is 10. The quantitative estimate of drug-likeness (QED) is 0.0684. The Bertz CT molecular complexity index is 1840. The molecule has 2 heterocycles. The van der Waals surface area contributed by atoms with Crippen molar-refractivity contribution in [3.05, 3.63) is 35.9 Å². The van der Waals surface area contributed by atoms with Gasteiger partial charge in [0.15, 0.2) is 5.78 Å². The molecule has 2 unspecified atom stereocenters. The molecule has 0 aromatic heterocycles. The number of methoxy groups -OCH3 is 2. The molecule has 0 radical (unpaired) electrons. The van der Waals surface area contributed by atoms with Crippen molar-refractivity contribution in [2.75, 3.05) is 41.4 Å². The number of unbranched alkanes of at least 4 members (excludes halogenated alkanes) is 2. The number of ketones is 2. The lowest BCUT2D eigenvalue weighted by atomic mass is 9.83. The number of Topliss-reactive ketones (excluding diaryl/α,β-unsaturated/α-hetero) is 2. The van der Waals surface area contributed by atoms with Crippen LogP contribution in [-0.4, -0.2) is 144 Å². The zero-order valence-electron chi connectivity index (χ0n) is 42.5. The van der Waals surface area contributed by atoms with Gasteiger partial charge in [0.05, 0.1) is 42.7 Å². The van der Waals surface area contributed by atoms with Crippen LogP contribution < -0.4 is 0 Å². The number of imide groups is 1. The van der Waals surface area contributed by atoms with E-state index >= 15 is 0 Å². The standard InChI is InChI=1S/C52H82N4O11/c1-13-34(6)48(43(66-11)31-46(61)55-26-20-23-40(55)49(67-12)36(8)41(57)29-38(52(64)65)28-37-21-16-14-17-22-37)54(10)51(63)39(32(2)3)30-42(58)47(33(4)5)53(9)44(59)24-18-15-19-25-56-45(60)27-35(7)50(56)62/h14,16-17,21-22,32-36,38-40,43,47-49H,13,15,18-20,23-31H2,1-12H3,(H,64,65)/t34-,35?,36-,38?,39-,40-,43+,47-,48-,49+/m0/s1. The van der Waals surface area contributed by atoms with Crippen LogP contribution in [0.5, 0.6) is 0 Å². The van der Waals surface area contributed by atoms with Crippen LogP contribution in [0.25, 0.3) is 0 Å². The van der Waals surface area contributed by atoms with E-state index in [1.165, 1.54) is 24.0 Å². The molecule has 0 saturated carbocycles. The van der Waals surface area contributed by atoms with E-state index in [-0.39, 0.29) is 103 Å². The van der Waals surface area contributed by atoms with E-state index in [0.29, 0.717) is 51.6 Å². The van der Waals surface area contributed by atoms with E-state index in [2.05, 4.69) is 0 Å². The van der Waals surface area contributed by atoms with Crippen molar-refractivity contribution < 1.29 is 52.9 Å². The Hall–Kier alpha value is -4.50. The minimum Gasteiger partial charge on any atom is -0.481 e. The third-order valence-electron chi connectivity index (χ3n) is 14.5. The van der Waals surface area contributed by atoms with Gasteiger partial charge in [-0.05, 0) is 55.4 Å². The first-order valence-corrected chi connectivity index (χ1v) is 24.6. The van der Waals surface area contributed by atoms with Crippen molar-refractivity contribution >= 4 is 47.1 Å². The summed E-state index contributed by atoms with van der Waals surface area (Å²) in [4.78, 5) is 113. The molecule has 1 aromatic carbocycles. The highest BCUT2D eigenvalue weighted by atomic mass is 16.5. The van der Waals surface area contributed by atoms with Gasteiger partial charge in [-0.15, -0.1) is 0 Å². The van der Waals surface area contributed by atoms with Crippen molar-refractivity contribution in [1.82, 2.24) is 19.6 Å². The smallest absolute Gasteiger partial charge is 0.307 e. The van der Waals surface area contributed by atoms with Gasteiger partial charge in [-0.2, -0.15) is 0 Å². The van der Waals surface area contributed by atoms with E-state index in [1.54, 1.807) is 37.7 Å². The van der Waals surface area contributed by atoms with Crippen molar-refractivity contribution in [2.45, 2.75) is 163 Å². The van der Waals surface area contributed by atoms with Crippen LogP contribution in [0.2, 0.25) is 0 Å². The molecule has 376 valence electrons. The molecule has 2 fully saturated rings. The number of carbonyl (C=O) groups excluding carboxylic acids is 7. The van der Waals surface area contributed by atoms with E-state index in [1.807, 2.05) is 71.9 Å². The maximum atomic E-state index is 14.6. The second-order valence-electron chi connectivity index (χ2n) is 20.0. The predicted molar refractivity (Wildman–Crippen MR) is 255 cm³/mol. The summed E-state index contributed by atoms with van der Waals surface area (Å²) < 4.78 is 12.0. The van der Waals surface area contributed by atoms with Crippen LogP contribution in [0.4, 0.5) is 0 Å². The molecule has 0 aliphatic carbocycles. The number of likely N-dealkylation sites (N-methyl/N-ethyl adjacent to an activating group) is 2. The number of rotatable bonds is 29. The average Bonchev–Trinajstić information content (AvgIpc) is 3.87. The van der Waals surface area contributed by atoms with E-state index < -0.39 is 54.1 Å². The number of ether oxygens (including phenoxy) is 2.